The van der Waals surface area contributed by atoms with E-state index in [0.717, 1.165) is 25.2 Å². The number of morpholine rings is 1. The Balaban J connectivity index is 1.66. The monoisotopic (exact) mass is 362 g/mol. The highest BCUT2D eigenvalue weighted by Crippen LogP contribution is 2.16. The van der Waals surface area contributed by atoms with Crippen LogP contribution in [0.3, 0.4) is 0 Å². The highest BCUT2D eigenvalue weighted by atomic mass is 32.2. The molecule has 0 bridgehead atoms. The number of carbonyl (C=O) groups excluding carboxylic acids is 1. The average molecular weight is 362 g/mol. The van der Waals surface area contributed by atoms with E-state index in [9.17, 15) is 13.2 Å². The lowest BCUT2D eigenvalue weighted by molar-refractivity contribution is 0.102. The summed E-state index contributed by atoms with van der Waals surface area (Å²) in [6.45, 7) is 2.93. The predicted molar refractivity (Wildman–Crippen MR) is 92.6 cm³/mol. The molecule has 2 aromatic rings. The van der Waals surface area contributed by atoms with Gasteiger partial charge in [-0.15, -0.1) is 0 Å². The molecule has 132 valence electrons. The normalized spacial score (nSPS) is 15.0. The van der Waals surface area contributed by atoms with Crippen molar-refractivity contribution in [1.29, 1.82) is 0 Å². The molecule has 1 amide bonds. The number of anilines is 2. The number of carbonyl (C=O) groups is 1. The van der Waals surface area contributed by atoms with Crippen LogP contribution < -0.4 is 10.2 Å². The Morgan fingerprint density at radius 1 is 1.12 bits per heavy atom. The van der Waals surface area contributed by atoms with Gasteiger partial charge in [0.1, 0.15) is 5.82 Å². The molecule has 0 aromatic carbocycles. The maximum absolute atomic E-state index is 12.2. The van der Waals surface area contributed by atoms with Crippen LogP contribution in [0.2, 0.25) is 0 Å². The highest BCUT2D eigenvalue weighted by Gasteiger charge is 2.14. The van der Waals surface area contributed by atoms with Crippen molar-refractivity contribution in [3.63, 3.8) is 0 Å². The Kier molecular flexibility index (Phi) is 4.95. The molecule has 0 spiro atoms. The second-order valence-corrected chi connectivity index (χ2v) is 7.58. The van der Waals surface area contributed by atoms with Gasteiger partial charge in [-0.3, -0.25) is 4.79 Å². The Labute approximate surface area is 145 Å². The molecule has 1 saturated heterocycles. The highest BCUT2D eigenvalue weighted by molar-refractivity contribution is 7.90. The summed E-state index contributed by atoms with van der Waals surface area (Å²) in [5.74, 6) is 0.453. The van der Waals surface area contributed by atoms with Crippen LogP contribution in [0.15, 0.2) is 41.7 Å². The molecule has 2 aromatic heterocycles. The molecule has 3 rings (SSSR count). The molecule has 1 fully saturated rings. The topological polar surface area (TPSA) is 101 Å². The summed E-state index contributed by atoms with van der Waals surface area (Å²) in [5.41, 5.74) is 0.818. The molecule has 0 radical (unpaired) electrons. The molecule has 3 heterocycles. The van der Waals surface area contributed by atoms with Crippen LogP contribution in [0.1, 0.15) is 10.4 Å². The minimum absolute atomic E-state index is 0.0689. The van der Waals surface area contributed by atoms with Crippen molar-refractivity contribution in [2.24, 2.45) is 0 Å². The first-order valence-corrected chi connectivity index (χ1v) is 9.59. The molecule has 25 heavy (non-hydrogen) atoms. The fourth-order valence-electron chi connectivity index (χ4n) is 2.38. The van der Waals surface area contributed by atoms with E-state index in [1.54, 1.807) is 12.3 Å². The van der Waals surface area contributed by atoms with Gasteiger partial charge in [0.2, 0.25) is 0 Å². The van der Waals surface area contributed by atoms with Crippen molar-refractivity contribution in [2.75, 3.05) is 42.8 Å². The third kappa shape index (κ3) is 4.31. The lowest BCUT2D eigenvalue weighted by Gasteiger charge is -2.27. The molecule has 1 aliphatic rings. The van der Waals surface area contributed by atoms with E-state index in [0.29, 0.717) is 18.9 Å². The zero-order chi connectivity index (χ0) is 17.9. The maximum Gasteiger partial charge on any atom is 0.257 e. The van der Waals surface area contributed by atoms with E-state index in [1.165, 1.54) is 18.3 Å². The van der Waals surface area contributed by atoms with Gasteiger partial charge in [-0.2, -0.15) is 0 Å². The van der Waals surface area contributed by atoms with Gasteiger partial charge in [0.25, 0.3) is 5.91 Å². The summed E-state index contributed by atoms with van der Waals surface area (Å²) in [5, 5.41) is 2.64. The number of nitrogens with zero attached hydrogens (tertiary/aromatic N) is 3. The van der Waals surface area contributed by atoms with Crippen molar-refractivity contribution in [3.8, 4) is 0 Å². The molecule has 0 aliphatic carbocycles. The number of aromatic nitrogens is 2. The van der Waals surface area contributed by atoms with Crippen molar-refractivity contribution in [2.45, 2.75) is 5.03 Å². The lowest BCUT2D eigenvalue weighted by atomic mass is 10.2. The number of sulfone groups is 1. The number of pyridine rings is 2. The van der Waals surface area contributed by atoms with Crippen LogP contribution in [-0.4, -0.2) is 56.9 Å². The van der Waals surface area contributed by atoms with Crippen molar-refractivity contribution in [1.82, 2.24) is 9.97 Å². The van der Waals surface area contributed by atoms with Crippen molar-refractivity contribution < 1.29 is 17.9 Å². The quantitative estimate of drug-likeness (QED) is 0.865. The first kappa shape index (κ1) is 17.3. The Morgan fingerprint density at radius 2 is 1.88 bits per heavy atom. The van der Waals surface area contributed by atoms with Crippen LogP contribution in [0, 0.1) is 0 Å². The summed E-state index contributed by atoms with van der Waals surface area (Å²) in [7, 11) is -3.39. The van der Waals surface area contributed by atoms with Gasteiger partial charge in [0.05, 0.1) is 30.7 Å². The summed E-state index contributed by atoms with van der Waals surface area (Å²) < 4.78 is 28.1. The summed E-state index contributed by atoms with van der Waals surface area (Å²) in [6.07, 6.45) is 3.89. The molecule has 8 nitrogen and oxygen atoms in total. The first-order chi connectivity index (χ1) is 11.9. The van der Waals surface area contributed by atoms with Gasteiger partial charge < -0.3 is 15.0 Å². The summed E-state index contributed by atoms with van der Waals surface area (Å²) in [6, 6.07) is 6.35. The van der Waals surface area contributed by atoms with E-state index < -0.39 is 9.84 Å². The van der Waals surface area contributed by atoms with E-state index in [4.69, 9.17) is 4.74 Å². The fourth-order valence-corrected chi connectivity index (χ4v) is 2.94. The fraction of sp³-hybridized carbons (Fsp3) is 0.312. The molecule has 0 unspecified atom stereocenters. The van der Waals surface area contributed by atoms with E-state index in [2.05, 4.69) is 20.2 Å². The van der Waals surface area contributed by atoms with Gasteiger partial charge in [0.15, 0.2) is 14.9 Å². The number of nitrogens with one attached hydrogen (secondary N) is 1. The molecule has 0 saturated carbocycles. The second-order valence-electron chi connectivity index (χ2n) is 5.62. The van der Waals surface area contributed by atoms with Crippen LogP contribution in [-0.2, 0) is 14.6 Å². The molecular weight excluding hydrogens is 344 g/mol. The van der Waals surface area contributed by atoms with Gasteiger partial charge in [0, 0.05) is 25.5 Å². The number of rotatable bonds is 4. The molecule has 1 aliphatic heterocycles. The molecule has 1 N–H and O–H groups in total. The van der Waals surface area contributed by atoms with Gasteiger partial charge >= 0.3 is 0 Å². The van der Waals surface area contributed by atoms with Crippen molar-refractivity contribution in [3.05, 3.63) is 42.2 Å². The third-order valence-corrected chi connectivity index (χ3v) is 4.72. The van der Waals surface area contributed by atoms with Gasteiger partial charge in [-0.25, -0.2) is 18.4 Å². The Morgan fingerprint density at radius 3 is 2.44 bits per heavy atom. The SMILES string of the molecule is CS(=O)(=O)c1ccc(C(=O)Nc2ccc(N3CCOCC3)nc2)cn1. The van der Waals surface area contributed by atoms with Crippen molar-refractivity contribution >= 4 is 27.2 Å². The van der Waals surface area contributed by atoms with Gasteiger partial charge in [-0.05, 0) is 24.3 Å². The standard InChI is InChI=1S/C16H18N4O4S/c1-25(22,23)15-5-2-12(10-18-15)16(21)19-13-3-4-14(17-11-13)20-6-8-24-9-7-20/h2-5,10-11H,6-9H2,1H3,(H,19,21). The van der Waals surface area contributed by atoms with Gasteiger partial charge in [-0.1, -0.05) is 0 Å². The average Bonchev–Trinajstić information content (AvgIpc) is 2.62. The third-order valence-electron chi connectivity index (χ3n) is 3.72. The van der Waals surface area contributed by atoms with E-state index in [1.807, 2.05) is 6.07 Å². The Bertz CT molecular complexity index is 845. The number of ether oxygens (including phenoxy) is 1. The molecular formula is C16H18N4O4S. The van der Waals surface area contributed by atoms with E-state index in [-0.39, 0.29) is 16.5 Å². The van der Waals surface area contributed by atoms with Crippen LogP contribution in [0.4, 0.5) is 11.5 Å². The van der Waals surface area contributed by atoms with Crippen LogP contribution in [0.5, 0.6) is 0 Å². The number of hydrogen-bond acceptors (Lipinski definition) is 7. The smallest absolute Gasteiger partial charge is 0.257 e. The maximum atomic E-state index is 12.2. The Hall–Kier alpha value is -2.52. The zero-order valence-electron chi connectivity index (χ0n) is 13.7. The first-order valence-electron chi connectivity index (χ1n) is 7.70. The molecule has 9 heteroatoms. The predicted octanol–water partition coefficient (Wildman–Crippen LogP) is 0.969. The zero-order valence-corrected chi connectivity index (χ0v) is 14.5. The lowest BCUT2D eigenvalue weighted by Crippen LogP contribution is -2.36. The number of amides is 1. The van der Waals surface area contributed by atoms with E-state index >= 15 is 0 Å². The second kappa shape index (κ2) is 7.16. The summed E-state index contributed by atoms with van der Waals surface area (Å²) >= 11 is 0. The largest absolute Gasteiger partial charge is 0.378 e. The van der Waals surface area contributed by atoms with Crippen LogP contribution in [0.25, 0.3) is 0 Å². The van der Waals surface area contributed by atoms with Crippen LogP contribution >= 0.6 is 0 Å². The molecule has 0 atom stereocenters. The minimum Gasteiger partial charge on any atom is -0.378 e. The minimum atomic E-state index is -3.39. The summed E-state index contributed by atoms with van der Waals surface area (Å²) in [4.78, 5) is 22.5. The number of hydrogen-bond donors (Lipinski definition) is 1.